The molecule has 1 atom stereocenters. The van der Waals surface area contributed by atoms with Gasteiger partial charge in [0.05, 0.1) is 19.7 Å². The first kappa shape index (κ1) is 24.6. The van der Waals surface area contributed by atoms with Crippen LogP contribution < -0.4 is 5.32 Å². The summed E-state index contributed by atoms with van der Waals surface area (Å²) in [5, 5.41) is 2.68. The highest BCUT2D eigenvalue weighted by molar-refractivity contribution is 9.12. The van der Waals surface area contributed by atoms with E-state index in [1.54, 1.807) is 13.0 Å². The van der Waals surface area contributed by atoms with Gasteiger partial charge in [0.2, 0.25) is 0 Å². The van der Waals surface area contributed by atoms with Gasteiger partial charge in [-0.25, -0.2) is 4.79 Å². The number of halogens is 2. The van der Waals surface area contributed by atoms with Crippen LogP contribution in [0, 0.1) is 0 Å². The molecule has 154 valence electrons. The Morgan fingerprint density at radius 1 is 1.04 bits per heavy atom. The molecule has 7 heteroatoms. The molecule has 0 fully saturated rings. The van der Waals surface area contributed by atoms with Crippen LogP contribution in [0.15, 0.2) is 13.6 Å². The number of hydrogen-bond acceptors (Lipinski definition) is 4. The summed E-state index contributed by atoms with van der Waals surface area (Å²) in [5.41, 5.74) is 0.515. The summed E-state index contributed by atoms with van der Waals surface area (Å²) in [6, 6.07) is 1.07. The Labute approximate surface area is 184 Å². The molecule has 1 rings (SSSR count). The molecule has 0 saturated carbocycles. The lowest BCUT2D eigenvalue weighted by atomic mass is 10.1. The van der Waals surface area contributed by atoms with Gasteiger partial charge >= 0.3 is 5.97 Å². The topological polar surface area (TPSA) is 55.4 Å². The smallest absolute Gasteiger partial charge is 0.328 e. The lowest BCUT2D eigenvalue weighted by Gasteiger charge is -2.13. The summed E-state index contributed by atoms with van der Waals surface area (Å²) in [6.07, 6.45) is 12.4. The van der Waals surface area contributed by atoms with Gasteiger partial charge in [0.15, 0.2) is 0 Å². The van der Waals surface area contributed by atoms with E-state index in [2.05, 4.69) is 44.1 Å². The van der Waals surface area contributed by atoms with Crippen molar-refractivity contribution in [2.24, 2.45) is 0 Å². The van der Waals surface area contributed by atoms with Crippen molar-refractivity contribution in [2.75, 3.05) is 6.61 Å². The largest absolute Gasteiger partial charge is 0.464 e. The highest BCUT2D eigenvalue weighted by atomic mass is 79.9. The standard InChI is InChI=1S/C20H31Br2NO3S/c1-3-4-5-6-7-8-9-10-11-12-13-26-20(25)15(2)23-19(24)16-14-17(21)27-18(16)22/h14-15H,3-13H2,1-2H3,(H,23,24)/t15-/m0/s1. The Hall–Kier alpha value is -0.400. The van der Waals surface area contributed by atoms with Crippen molar-refractivity contribution in [3.8, 4) is 0 Å². The Bertz CT molecular complexity index is 578. The maximum absolute atomic E-state index is 12.2. The van der Waals surface area contributed by atoms with Crippen LogP contribution in [0.5, 0.6) is 0 Å². The maximum Gasteiger partial charge on any atom is 0.328 e. The van der Waals surface area contributed by atoms with E-state index in [0.29, 0.717) is 12.2 Å². The summed E-state index contributed by atoms with van der Waals surface area (Å²) in [7, 11) is 0. The molecule has 27 heavy (non-hydrogen) atoms. The highest BCUT2D eigenvalue weighted by Crippen LogP contribution is 2.31. The van der Waals surface area contributed by atoms with E-state index in [-0.39, 0.29) is 11.9 Å². The van der Waals surface area contributed by atoms with Gasteiger partial charge in [0.1, 0.15) is 6.04 Å². The molecular weight excluding hydrogens is 494 g/mol. The van der Waals surface area contributed by atoms with E-state index in [1.807, 2.05) is 0 Å². The molecule has 0 aliphatic heterocycles. The molecule has 0 aromatic carbocycles. The molecule has 0 aliphatic carbocycles. The number of rotatable bonds is 14. The SMILES string of the molecule is CCCCCCCCCCCCOC(=O)[C@H](C)NC(=O)c1cc(Br)sc1Br. The predicted octanol–water partition coefficient (Wildman–Crippen LogP) is 6.86. The Kier molecular flexibility index (Phi) is 13.3. The first-order valence-corrected chi connectivity index (χ1v) is 12.3. The van der Waals surface area contributed by atoms with E-state index in [0.717, 1.165) is 20.4 Å². The molecule has 0 bridgehead atoms. The van der Waals surface area contributed by atoms with Crippen LogP contribution in [0.25, 0.3) is 0 Å². The summed E-state index contributed by atoms with van der Waals surface area (Å²) < 4.78 is 6.87. The first-order valence-electron chi connectivity index (χ1n) is 9.88. The second kappa shape index (κ2) is 14.6. The molecule has 0 radical (unpaired) electrons. The van der Waals surface area contributed by atoms with E-state index >= 15 is 0 Å². The van der Waals surface area contributed by atoms with Crippen molar-refractivity contribution in [3.05, 3.63) is 19.2 Å². The van der Waals surface area contributed by atoms with Gasteiger partial charge < -0.3 is 10.1 Å². The quantitative estimate of drug-likeness (QED) is 0.213. The van der Waals surface area contributed by atoms with Gasteiger partial charge in [0, 0.05) is 0 Å². The minimum atomic E-state index is -0.661. The van der Waals surface area contributed by atoms with Crippen LogP contribution in [0.2, 0.25) is 0 Å². The molecule has 1 heterocycles. The predicted molar refractivity (Wildman–Crippen MR) is 119 cm³/mol. The van der Waals surface area contributed by atoms with Crippen LogP contribution in [0.4, 0.5) is 0 Å². The maximum atomic E-state index is 12.2. The van der Waals surface area contributed by atoms with E-state index in [9.17, 15) is 9.59 Å². The van der Waals surface area contributed by atoms with Crippen LogP contribution in [-0.2, 0) is 9.53 Å². The molecule has 0 spiro atoms. The first-order chi connectivity index (χ1) is 13.0. The molecule has 0 unspecified atom stereocenters. The zero-order valence-electron chi connectivity index (χ0n) is 16.3. The van der Waals surface area contributed by atoms with Gasteiger partial charge in [-0.15, -0.1) is 11.3 Å². The Balaban J connectivity index is 2.07. The minimum Gasteiger partial charge on any atom is -0.464 e. The van der Waals surface area contributed by atoms with Crippen molar-refractivity contribution in [3.63, 3.8) is 0 Å². The molecule has 1 aromatic rings. The number of esters is 1. The van der Waals surface area contributed by atoms with E-state index in [4.69, 9.17) is 4.74 Å². The van der Waals surface area contributed by atoms with Crippen molar-refractivity contribution >= 4 is 55.1 Å². The fourth-order valence-electron chi connectivity index (χ4n) is 2.72. The number of ether oxygens (including phenoxy) is 1. The molecule has 0 aliphatic rings. The van der Waals surface area contributed by atoms with Crippen molar-refractivity contribution < 1.29 is 14.3 Å². The van der Waals surface area contributed by atoms with E-state index < -0.39 is 6.04 Å². The van der Waals surface area contributed by atoms with Gasteiger partial charge in [-0.2, -0.15) is 0 Å². The van der Waals surface area contributed by atoms with Crippen molar-refractivity contribution in [1.82, 2.24) is 5.32 Å². The van der Waals surface area contributed by atoms with Crippen LogP contribution in [0.3, 0.4) is 0 Å². The number of unbranched alkanes of at least 4 members (excludes halogenated alkanes) is 9. The lowest BCUT2D eigenvalue weighted by Crippen LogP contribution is -2.39. The lowest BCUT2D eigenvalue weighted by molar-refractivity contribution is -0.145. The number of thiophene rings is 1. The van der Waals surface area contributed by atoms with Crippen molar-refractivity contribution in [2.45, 2.75) is 84.1 Å². The Morgan fingerprint density at radius 3 is 2.11 bits per heavy atom. The average molecular weight is 525 g/mol. The monoisotopic (exact) mass is 523 g/mol. The fourth-order valence-corrected chi connectivity index (χ4v) is 5.51. The van der Waals surface area contributed by atoms with Crippen LogP contribution in [-0.4, -0.2) is 24.5 Å². The zero-order valence-corrected chi connectivity index (χ0v) is 20.3. The molecule has 4 nitrogen and oxygen atoms in total. The number of carbonyl (C=O) groups is 2. The second-order valence-electron chi connectivity index (χ2n) is 6.78. The van der Waals surface area contributed by atoms with E-state index in [1.165, 1.54) is 62.7 Å². The Morgan fingerprint density at radius 2 is 1.59 bits per heavy atom. The highest BCUT2D eigenvalue weighted by Gasteiger charge is 2.20. The van der Waals surface area contributed by atoms with Crippen LogP contribution >= 0.6 is 43.2 Å². The summed E-state index contributed by atoms with van der Waals surface area (Å²) in [5.74, 6) is -0.670. The third-order valence-electron chi connectivity index (χ3n) is 4.34. The van der Waals surface area contributed by atoms with Crippen LogP contribution in [0.1, 0.15) is 88.4 Å². The zero-order chi connectivity index (χ0) is 20.1. The minimum absolute atomic E-state index is 0.285. The van der Waals surface area contributed by atoms with Gasteiger partial charge in [-0.3, -0.25) is 4.79 Å². The van der Waals surface area contributed by atoms with Crippen molar-refractivity contribution in [1.29, 1.82) is 0 Å². The summed E-state index contributed by atoms with van der Waals surface area (Å²) in [6.45, 7) is 4.31. The van der Waals surface area contributed by atoms with Gasteiger partial charge in [-0.1, -0.05) is 64.7 Å². The fraction of sp³-hybridized carbons (Fsp3) is 0.700. The van der Waals surface area contributed by atoms with Gasteiger partial charge in [-0.05, 0) is 51.3 Å². The molecule has 1 aromatic heterocycles. The number of carbonyl (C=O) groups excluding carboxylic acids is 2. The normalized spacial score (nSPS) is 12.0. The van der Waals surface area contributed by atoms with Gasteiger partial charge in [0.25, 0.3) is 5.91 Å². The molecule has 1 amide bonds. The third-order valence-corrected chi connectivity index (χ3v) is 6.68. The number of hydrogen-bond donors (Lipinski definition) is 1. The number of nitrogens with one attached hydrogen (secondary N) is 1. The third kappa shape index (κ3) is 10.6. The average Bonchev–Trinajstić information content (AvgIpc) is 2.97. The molecule has 1 N–H and O–H groups in total. The molecule has 0 saturated heterocycles. The number of amides is 1. The summed E-state index contributed by atoms with van der Waals surface area (Å²) in [4.78, 5) is 24.2. The molecular formula is C20H31Br2NO3S. The second-order valence-corrected chi connectivity index (χ2v) is 10.5. The summed E-state index contributed by atoms with van der Waals surface area (Å²) >= 11 is 8.11.